The van der Waals surface area contributed by atoms with Crippen LogP contribution in [0.4, 0.5) is 0 Å². The number of nitrogens with two attached hydrogens (primary N) is 1. The number of hydrogen-bond acceptors (Lipinski definition) is 5. The first-order valence-electron chi connectivity index (χ1n) is 6.56. The van der Waals surface area contributed by atoms with Gasteiger partial charge in [0.1, 0.15) is 0 Å². The summed E-state index contributed by atoms with van der Waals surface area (Å²) in [5.41, 5.74) is 5.54. The summed E-state index contributed by atoms with van der Waals surface area (Å²) < 4.78 is 30.0. The highest BCUT2D eigenvalue weighted by molar-refractivity contribution is 7.92. The minimum absolute atomic E-state index is 0.0123. The van der Waals surface area contributed by atoms with E-state index < -0.39 is 26.5 Å². The van der Waals surface area contributed by atoms with Crippen LogP contribution in [0, 0.1) is 12.3 Å². The lowest BCUT2D eigenvalue weighted by molar-refractivity contribution is -0.149. The number of carbonyl (C=O) groups is 1. The van der Waals surface area contributed by atoms with E-state index in [1.165, 1.54) is 0 Å². The zero-order valence-corrected chi connectivity index (χ0v) is 12.4. The lowest BCUT2D eigenvalue weighted by atomic mass is 10.1. The van der Waals surface area contributed by atoms with Crippen LogP contribution in [0.3, 0.4) is 0 Å². The first kappa shape index (κ1) is 15.0. The molecule has 6 heteroatoms. The fourth-order valence-corrected chi connectivity index (χ4v) is 4.51. The number of rotatable bonds is 5. The van der Waals surface area contributed by atoms with E-state index in [1.807, 2.05) is 6.92 Å². The summed E-state index contributed by atoms with van der Waals surface area (Å²) in [6.07, 6.45) is 0.235. The van der Waals surface area contributed by atoms with E-state index in [2.05, 4.69) is 0 Å². The van der Waals surface area contributed by atoms with Crippen LogP contribution in [-0.4, -0.2) is 32.8 Å². The highest BCUT2D eigenvalue weighted by Crippen LogP contribution is 2.52. The average Bonchev–Trinajstić information content (AvgIpc) is 3.16. The molecule has 0 amide bonds. The molecule has 0 unspecified atom stereocenters. The van der Waals surface area contributed by atoms with Crippen molar-refractivity contribution < 1.29 is 17.9 Å². The van der Waals surface area contributed by atoms with Crippen LogP contribution < -0.4 is 5.73 Å². The quantitative estimate of drug-likeness (QED) is 0.821. The molecule has 1 aliphatic rings. The van der Waals surface area contributed by atoms with Crippen LogP contribution in [0.1, 0.15) is 18.9 Å². The molecule has 0 bridgehead atoms. The first-order valence-corrected chi connectivity index (χ1v) is 8.11. The van der Waals surface area contributed by atoms with E-state index in [0.717, 1.165) is 5.56 Å². The maximum atomic E-state index is 12.5. The number of aryl methyl sites for hydroxylation is 1. The van der Waals surface area contributed by atoms with Crippen LogP contribution >= 0.6 is 0 Å². The van der Waals surface area contributed by atoms with Gasteiger partial charge in [0.15, 0.2) is 9.84 Å². The molecule has 20 heavy (non-hydrogen) atoms. The molecule has 1 aromatic carbocycles. The number of esters is 1. The highest BCUT2D eigenvalue weighted by atomic mass is 32.2. The number of ether oxygens (including phenoxy) is 1. The molecule has 0 spiro atoms. The maximum Gasteiger partial charge on any atom is 0.314 e. The highest BCUT2D eigenvalue weighted by Gasteiger charge is 2.66. The second-order valence-corrected chi connectivity index (χ2v) is 7.26. The van der Waals surface area contributed by atoms with Crippen molar-refractivity contribution in [3.05, 3.63) is 29.8 Å². The van der Waals surface area contributed by atoms with Crippen LogP contribution in [-0.2, 0) is 19.4 Å². The first-order chi connectivity index (χ1) is 9.38. The summed E-state index contributed by atoms with van der Waals surface area (Å²) in [5.74, 6) is -0.511. The lowest BCUT2D eigenvalue weighted by Gasteiger charge is -2.13. The van der Waals surface area contributed by atoms with Gasteiger partial charge in [0.2, 0.25) is 0 Å². The van der Waals surface area contributed by atoms with Crippen molar-refractivity contribution in [2.24, 2.45) is 11.1 Å². The van der Waals surface area contributed by atoms with Gasteiger partial charge in [0.05, 0.1) is 22.2 Å². The van der Waals surface area contributed by atoms with Gasteiger partial charge in [0, 0.05) is 6.54 Å². The normalized spacial score (nSPS) is 25.2. The van der Waals surface area contributed by atoms with Gasteiger partial charge in [-0.25, -0.2) is 8.42 Å². The summed E-state index contributed by atoms with van der Waals surface area (Å²) in [6.45, 7) is 3.78. The third kappa shape index (κ3) is 2.33. The van der Waals surface area contributed by atoms with Crippen molar-refractivity contribution in [1.29, 1.82) is 0 Å². The van der Waals surface area contributed by atoms with E-state index in [1.54, 1.807) is 31.2 Å². The van der Waals surface area contributed by atoms with Crippen LogP contribution in [0.2, 0.25) is 0 Å². The summed E-state index contributed by atoms with van der Waals surface area (Å²) >= 11 is 0. The molecule has 0 saturated heterocycles. The van der Waals surface area contributed by atoms with Gasteiger partial charge in [0.25, 0.3) is 0 Å². The monoisotopic (exact) mass is 297 g/mol. The second kappa shape index (κ2) is 5.18. The molecule has 0 aliphatic heterocycles. The van der Waals surface area contributed by atoms with Crippen molar-refractivity contribution in [3.63, 3.8) is 0 Å². The van der Waals surface area contributed by atoms with Crippen molar-refractivity contribution in [3.8, 4) is 0 Å². The van der Waals surface area contributed by atoms with E-state index in [9.17, 15) is 13.2 Å². The maximum absolute atomic E-state index is 12.5. The van der Waals surface area contributed by atoms with Gasteiger partial charge in [-0.15, -0.1) is 0 Å². The predicted molar refractivity (Wildman–Crippen MR) is 74.9 cm³/mol. The Morgan fingerprint density at radius 1 is 1.40 bits per heavy atom. The zero-order valence-electron chi connectivity index (χ0n) is 11.6. The van der Waals surface area contributed by atoms with E-state index in [4.69, 9.17) is 10.5 Å². The summed E-state index contributed by atoms with van der Waals surface area (Å²) in [6, 6.07) is 6.61. The van der Waals surface area contributed by atoms with Gasteiger partial charge in [-0.05, 0) is 32.4 Å². The molecule has 0 radical (unpaired) electrons. The Kier molecular flexibility index (Phi) is 3.88. The molecule has 2 N–H and O–H groups in total. The van der Waals surface area contributed by atoms with E-state index >= 15 is 0 Å². The number of carbonyl (C=O) groups excluding carboxylic acids is 1. The molecule has 0 aromatic heterocycles. The topological polar surface area (TPSA) is 86.5 Å². The summed E-state index contributed by atoms with van der Waals surface area (Å²) in [4.78, 5) is 12.2. The SMILES string of the molecule is CCOC(=O)[C@]1(CN)C[C@@H]1S(=O)(=O)c1ccc(C)cc1. The lowest BCUT2D eigenvalue weighted by Crippen LogP contribution is -2.33. The third-order valence-corrected chi connectivity index (χ3v) is 6.07. The smallest absolute Gasteiger partial charge is 0.314 e. The molecule has 1 aromatic rings. The standard InChI is InChI=1S/C14H19NO4S/c1-3-19-13(16)14(9-15)8-12(14)20(17,18)11-6-4-10(2)5-7-11/h4-7,12H,3,8-9,15H2,1-2H3/t12-,14-/m0/s1. The molecule has 0 heterocycles. The largest absolute Gasteiger partial charge is 0.465 e. The third-order valence-electron chi connectivity index (χ3n) is 3.78. The van der Waals surface area contributed by atoms with Gasteiger partial charge in [-0.3, -0.25) is 4.79 Å². The summed E-state index contributed by atoms with van der Waals surface area (Å²) in [5, 5.41) is -0.776. The second-order valence-electron chi connectivity index (χ2n) is 5.13. The Labute approximate surface area is 119 Å². The number of benzene rings is 1. The van der Waals surface area contributed by atoms with Crippen molar-refractivity contribution in [1.82, 2.24) is 0 Å². The molecular weight excluding hydrogens is 278 g/mol. The van der Waals surface area contributed by atoms with Crippen molar-refractivity contribution in [2.75, 3.05) is 13.2 Å². The Morgan fingerprint density at radius 2 is 2.00 bits per heavy atom. The molecule has 110 valence electrons. The van der Waals surface area contributed by atoms with Crippen molar-refractivity contribution >= 4 is 15.8 Å². The van der Waals surface area contributed by atoms with Gasteiger partial charge >= 0.3 is 5.97 Å². The number of sulfone groups is 1. The molecule has 2 rings (SSSR count). The van der Waals surface area contributed by atoms with Gasteiger partial charge in [-0.1, -0.05) is 17.7 Å². The fourth-order valence-electron chi connectivity index (χ4n) is 2.36. The Hall–Kier alpha value is -1.40. The Morgan fingerprint density at radius 3 is 2.50 bits per heavy atom. The zero-order chi connectivity index (χ0) is 15.0. The number of hydrogen-bond donors (Lipinski definition) is 1. The van der Waals surface area contributed by atoms with Gasteiger partial charge in [-0.2, -0.15) is 0 Å². The minimum atomic E-state index is -3.55. The summed E-state index contributed by atoms with van der Waals surface area (Å²) in [7, 11) is -3.55. The molecule has 1 aliphatic carbocycles. The van der Waals surface area contributed by atoms with Crippen LogP contribution in [0.15, 0.2) is 29.2 Å². The Bertz CT molecular complexity index is 609. The van der Waals surface area contributed by atoms with Crippen molar-refractivity contribution in [2.45, 2.75) is 30.4 Å². The van der Waals surface area contributed by atoms with Gasteiger partial charge < -0.3 is 10.5 Å². The van der Waals surface area contributed by atoms with Crippen LogP contribution in [0.5, 0.6) is 0 Å². The molecule has 2 atom stereocenters. The fraction of sp³-hybridized carbons (Fsp3) is 0.500. The molecule has 1 fully saturated rings. The minimum Gasteiger partial charge on any atom is -0.465 e. The Balaban J connectivity index is 2.29. The van der Waals surface area contributed by atoms with Crippen LogP contribution in [0.25, 0.3) is 0 Å². The predicted octanol–water partition coefficient (Wildman–Crippen LogP) is 1.05. The molecule has 1 saturated carbocycles. The van der Waals surface area contributed by atoms with E-state index in [0.29, 0.717) is 0 Å². The molecular formula is C14H19NO4S. The average molecular weight is 297 g/mol. The molecule has 5 nitrogen and oxygen atoms in total. The van der Waals surface area contributed by atoms with E-state index in [-0.39, 0.29) is 24.5 Å².